The summed E-state index contributed by atoms with van der Waals surface area (Å²) >= 11 is 0. The minimum atomic E-state index is -3.10. The van der Waals surface area contributed by atoms with E-state index >= 15 is 0 Å². The fraction of sp³-hybridized carbons (Fsp3) is 0.350. The van der Waals surface area contributed by atoms with Gasteiger partial charge in [0.05, 0.1) is 24.6 Å². The zero-order valence-electron chi connectivity index (χ0n) is 15.3. The van der Waals surface area contributed by atoms with Crippen LogP contribution in [0.3, 0.4) is 0 Å². The van der Waals surface area contributed by atoms with Crippen molar-refractivity contribution < 1.29 is 22.5 Å². The maximum atomic E-state index is 13.0. The van der Waals surface area contributed by atoms with Gasteiger partial charge in [-0.3, -0.25) is 4.79 Å². The van der Waals surface area contributed by atoms with E-state index in [1.807, 2.05) is 37.4 Å². The number of benzene rings is 2. The van der Waals surface area contributed by atoms with Crippen LogP contribution in [0.2, 0.25) is 0 Å². The zero-order valence-corrected chi connectivity index (χ0v) is 16.1. The molecule has 1 aliphatic heterocycles. The van der Waals surface area contributed by atoms with Crippen molar-refractivity contribution in [3.63, 3.8) is 0 Å². The van der Waals surface area contributed by atoms with Crippen LogP contribution in [0.5, 0.6) is 0 Å². The number of carbonyl (C=O) groups excluding carboxylic acids is 1. The molecular formula is C20H24FN2O3S+. The Morgan fingerprint density at radius 2 is 1.81 bits per heavy atom. The molecule has 1 aliphatic rings. The summed E-state index contributed by atoms with van der Waals surface area (Å²) in [6, 6.07) is 15.1. The topological polar surface area (TPSA) is 58.9 Å². The third-order valence-electron chi connectivity index (χ3n) is 4.75. The van der Waals surface area contributed by atoms with Crippen LogP contribution in [-0.4, -0.2) is 45.5 Å². The van der Waals surface area contributed by atoms with Crippen molar-refractivity contribution in [3.8, 4) is 0 Å². The summed E-state index contributed by atoms with van der Waals surface area (Å²) in [7, 11) is -1.20. The Morgan fingerprint density at radius 1 is 1.15 bits per heavy atom. The summed E-state index contributed by atoms with van der Waals surface area (Å²) in [5.74, 6) is -0.273. The highest BCUT2D eigenvalue weighted by Gasteiger charge is 2.36. The molecule has 5 nitrogen and oxygen atoms in total. The van der Waals surface area contributed by atoms with Crippen LogP contribution in [-0.2, 0) is 21.2 Å². The SMILES string of the molecule is C[NH+](CC(=O)N(c1ccccc1)[C@H]1CCS(=O)(=O)C1)Cc1ccc(F)cc1. The zero-order chi connectivity index (χ0) is 19.4. The first-order chi connectivity index (χ1) is 12.8. The summed E-state index contributed by atoms with van der Waals surface area (Å²) in [4.78, 5) is 15.6. The average molecular weight is 391 g/mol. The van der Waals surface area contributed by atoms with Crippen LogP contribution in [0.1, 0.15) is 12.0 Å². The second-order valence-corrected chi connectivity index (χ2v) is 9.32. The third-order valence-corrected chi connectivity index (χ3v) is 6.50. The van der Waals surface area contributed by atoms with Crippen LogP contribution in [0, 0.1) is 5.82 Å². The number of halogens is 1. The molecule has 7 heteroatoms. The van der Waals surface area contributed by atoms with Gasteiger partial charge in [0, 0.05) is 11.3 Å². The van der Waals surface area contributed by atoms with Gasteiger partial charge in [-0.2, -0.15) is 0 Å². The fourth-order valence-electron chi connectivity index (χ4n) is 3.48. The van der Waals surface area contributed by atoms with Gasteiger partial charge in [-0.1, -0.05) is 30.3 Å². The van der Waals surface area contributed by atoms with Gasteiger partial charge in [0.1, 0.15) is 12.4 Å². The minimum Gasteiger partial charge on any atom is -0.326 e. The minimum absolute atomic E-state index is 0.00461. The summed E-state index contributed by atoms with van der Waals surface area (Å²) in [5, 5.41) is 0. The molecule has 0 saturated carbocycles. The Bertz CT molecular complexity index is 885. The van der Waals surface area contributed by atoms with Crippen molar-refractivity contribution in [1.29, 1.82) is 0 Å². The van der Waals surface area contributed by atoms with Gasteiger partial charge in [0.2, 0.25) is 0 Å². The monoisotopic (exact) mass is 391 g/mol. The number of hydrogen-bond donors (Lipinski definition) is 1. The molecule has 1 amide bonds. The highest BCUT2D eigenvalue weighted by molar-refractivity contribution is 7.91. The molecule has 1 heterocycles. The lowest BCUT2D eigenvalue weighted by molar-refractivity contribution is -0.885. The van der Waals surface area contributed by atoms with E-state index in [4.69, 9.17) is 0 Å². The standard InChI is InChI=1S/C20H23FN2O3S/c1-22(13-16-7-9-17(21)10-8-16)14-20(24)23(18-5-3-2-4-6-18)19-11-12-27(25,26)15-19/h2-10,19H,11-15H2,1H3/p+1/t19-/m0/s1. The first-order valence-electron chi connectivity index (χ1n) is 8.97. The molecule has 2 aromatic carbocycles. The predicted molar refractivity (Wildman–Crippen MR) is 103 cm³/mol. The second kappa shape index (κ2) is 8.19. The molecule has 0 bridgehead atoms. The Kier molecular flexibility index (Phi) is 5.92. The molecule has 144 valence electrons. The third kappa shape index (κ3) is 5.14. The molecule has 1 saturated heterocycles. The maximum absolute atomic E-state index is 13.0. The largest absolute Gasteiger partial charge is 0.326 e. The smallest absolute Gasteiger partial charge is 0.282 e. The van der Waals surface area contributed by atoms with Crippen LogP contribution < -0.4 is 9.80 Å². The van der Waals surface area contributed by atoms with Crippen LogP contribution >= 0.6 is 0 Å². The highest BCUT2D eigenvalue weighted by Crippen LogP contribution is 2.24. The average Bonchev–Trinajstić information content (AvgIpc) is 2.97. The Hall–Kier alpha value is -2.25. The summed E-state index contributed by atoms with van der Waals surface area (Å²) in [5.41, 5.74) is 1.66. The van der Waals surface area contributed by atoms with E-state index in [-0.39, 0.29) is 35.8 Å². The van der Waals surface area contributed by atoms with Gasteiger partial charge in [-0.05, 0) is 30.7 Å². The number of sulfone groups is 1. The Morgan fingerprint density at radius 3 is 2.41 bits per heavy atom. The van der Waals surface area contributed by atoms with Crippen molar-refractivity contribution in [2.75, 3.05) is 30.0 Å². The molecule has 2 aromatic rings. The first-order valence-corrected chi connectivity index (χ1v) is 10.8. The maximum Gasteiger partial charge on any atom is 0.282 e. The van der Waals surface area contributed by atoms with Crippen molar-refractivity contribution in [2.24, 2.45) is 0 Å². The number of likely N-dealkylation sites (N-methyl/N-ethyl adjacent to an activating group) is 1. The van der Waals surface area contributed by atoms with Gasteiger partial charge >= 0.3 is 0 Å². The lowest BCUT2D eigenvalue weighted by Crippen LogP contribution is -3.09. The second-order valence-electron chi connectivity index (χ2n) is 7.09. The van der Waals surface area contributed by atoms with Crippen LogP contribution in [0.15, 0.2) is 54.6 Å². The quantitative estimate of drug-likeness (QED) is 0.801. The number of hydrogen-bond acceptors (Lipinski definition) is 3. The molecule has 27 heavy (non-hydrogen) atoms. The molecule has 0 aromatic heterocycles. The number of nitrogens with one attached hydrogen (secondary N) is 1. The van der Waals surface area contributed by atoms with E-state index < -0.39 is 9.84 Å². The summed E-state index contributed by atoms with van der Waals surface area (Å²) in [6.45, 7) is 0.806. The number of carbonyl (C=O) groups is 1. The van der Waals surface area contributed by atoms with Crippen molar-refractivity contribution in [1.82, 2.24) is 0 Å². The van der Waals surface area contributed by atoms with Crippen LogP contribution in [0.25, 0.3) is 0 Å². The van der Waals surface area contributed by atoms with E-state index in [9.17, 15) is 17.6 Å². The lowest BCUT2D eigenvalue weighted by atomic mass is 10.1. The molecule has 0 spiro atoms. The van der Waals surface area contributed by atoms with Crippen molar-refractivity contribution >= 4 is 21.4 Å². The molecule has 1 fully saturated rings. The summed E-state index contributed by atoms with van der Waals surface area (Å²) < 4.78 is 36.9. The Labute approximate surface area is 159 Å². The molecule has 1 N–H and O–H groups in total. The first kappa shape index (κ1) is 19.5. The van der Waals surface area contributed by atoms with E-state index in [0.29, 0.717) is 13.0 Å². The van der Waals surface area contributed by atoms with E-state index in [2.05, 4.69) is 0 Å². The van der Waals surface area contributed by atoms with Gasteiger partial charge < -0.3 is 9.80 Å². The van der Waals surface area contributed by atoms with E-state index in [1.54, 1.807) is 17.0 Å². The normalized spacial score (nSPS) is 19.6. The number of anilines is 1. The molecular weight excluding hydrogens is 367 g/mol. The van der Waals surface area contributed by atoms with Crippen molar-refractivity contribution in [3.05, 3.63) is 66.0 Å². The van der Waals surface area contributed by atoms with E-state index in [1.165, 1.54) is 12.1 Å². The summed E-state index contributed by atoms with van der Waals surface area (Å²) in [6.07, 6.45) is 0.458. The number of para-hydroxylation sites is 1. The van der Waals surface area contributed by atoms with Gasteiger partial charge in [0.15, 0.2) is 16.4 Å². The number of nitrogens with zero attached hydrogens (tertiary/aromatic N) is 1. The number of quaternary nitrogens is 1. The number of rotatable bonds is 6. The Balaban J connectivity index is 1.73. The molecule has 0 radical (unpaired) electrons. The van der Waals surface area contributed by atoms with Gasteiger partial charge in [0.25, 0.3) is 5.91 Å². The number of amides is 1. The van der Waals surface area contributed by atoms with Gasteiger partial charge in [-0.25, -0.2) is 12.8 Å². The predicted octanol–water partition coefficient (Wildman–Crippen LogP) is 1.06. The van der Waals surface area contributed by atoms with E-state index in [0.717, 1.165) is 16.2 Å². The van der Waals surface area contributed by atoms with Crippen molar-refractivity contribution in [2.45, 2.75) is 19.0 Å². The molecule has 0 aliphatic carbocycles. The fourth-order valence-corrected chi connectivity index (χ4v) is 5.18. The highest BCUT2D eigenvalue weighted by atomic mass is 32.2. The molecule has 1 unspecified atom stereocenters. The molecule has 2 atom stereocenters. The van der Waals surface area contributed by atoms with Crippen LogP contribution in [0.4, 0.5) is 10.1 Å². The molecule has 3 rings (SSSR count). The lowest BCUT2D eigenvalue weighted by Gasteiger charge is -2.29. The van der Waals surface area contributed by atoms with Gasteiger partial charge in [-0.15, -0.1) is 0 Å².